The van der Waals surface area contributed by atoms with Crippen molar-refractivity contribution in [1.82, 2.24) is 10.2 Å². The third-order valence-corrected chi connectivity index (χ3v) is 6.25. The van der Waals surface area contributed by atoms with Crippen molar-refractivity contribution in [3.05, 3.63) is 70.5 Å². The number of Topliss-reactive ketones (excluding diaryl/α,β-unsaturated/α-hetero) is 1. The number of ketones is 1. The third kappa shape index (κ3) is 4.17. The van der Waals surface area contributed by atoms with Gasteiger partial charge in [-0.15, -0.1) is 0 Å². The first-order valence-corrected chi connectivity index (χ1v) is 11.1. The number of fused-ring (bicyclic) bond motifs is 1. The van der Waals surface area contributed by atoms with Gasteiger partial charge in [0.05, 0.1) is 25.8 Å². The first kappa shape index (κ1) is 22.2. The second-order valence-electron chi connectivity index (χ2n) is 8.31. The Balaban J connectivity index is 1.66. The number of aromatic amines is 1. The monoisotopic (exact) mass is 450 g/mol. The van der Waals surface area contributed by atoms with Crippen LogP contribution in [0, 0.1) is 5.92 Å². The second-order valence-corrected chi connectivity index (χ2v) is 8.68. The number of methoxy groups -OCH3 is 1. The van der Waals surface area contributed by atoms with Crippen LogP contribution in [0.2, 0.25) is 5.15 Å². The number of nitrogens with zero attached hydrogens (tertiary/aromatic N) is 1. The summed E-state index contributed by atoms with van der Waals surface area (Å²) in [4.78, 5) is 13.6. The molecule has 5 nitrogen and oxygen atoms in total. The van der Waals surface area contributed by atoms with Crippen LogP contribution in [-0.4, -0.2) is 29.7 Å². The van der Waals surface area contributed by atoms with Crippen LogP contribution in [0.3, 0.4) is 0 Å². The molecular formula is C26H27ClN2O3. The summed E-state index contributed by atoms with van der Waals surface area (Å²) >= 11 is 6.24. The summed E-state index contributed by atoms with van der Waals surface area (Å²) in [5.41, 5.74) is 5.59. The first-order chi connectivity index (χ1) is 15.4. The van der Waals surface area contributed by atoms with E-state index in [2.05, 4.69) is 30.1 Å². The fourth-order valence-corrected chi connectivity index (χ4v) is 4.45. The molecule has 0 aliphatic carbocycles. The number of benzene rings is 2. The highest BCUT2D eigenvalue weighted by Crippen LogP contribution is 2.36. The van der Waals surface area contributed by atoms with E-state index in [4.69, 9.17) is 21.1 Å². The quantitative estimate of drug-likeness (QED) is 0.462. The van der Waals surface area contributed by atoms with E-state index in [0.29, 0.717) is 18.2 Å². The average molecular weight is 451 g/mol. The van der Waals surface area contributed by atoms with Gasteiger partial charge in [-0.1, -0.05) is 49.7 Å². The van der Waals surface area contributed by atoms with Gasteiger partial charge in [-0.3, -0.25) is 9.89 Å². The van der Waals surface area contributed by atoms with E-state index in [1.165, 1.54) is 0 Å². The minimum atomic E-state index is -0.246. The van der Waals surface area contributed by atoms with E-state index < -0.39 is 0 Å². The molecule has 1 N–H and O–H groups in total. The molecule has 0 saturated heterocycles. The van der Waals surface area contributed by atoms with Crippen molar-refractivity contribution >= 4 is 23.0 Å². The zero-order chi connectivity index (χ0) is 22.8. The number of rotatable bonds is 6. The predicted octanol–water partition coefficient (Wildman–Crippen LogP) is 6.09. The summed E-state index contributed by atoms with van der Waals surface area (Å²) in [5, 5.41) is 7.29. The van der Waals surface area contributed by atoms with Gasteiger partial charge in [0.2, 0.25) is 0 Å². The lowest BCUT2D eigenvalue weighted by atomic mass is 9.83. The number of hydrogen-bond donors (Lipinski definition) is 1. The largest absolute Gasteiger partial charge is 0.497 e. The summed E-state index contributed by atoms with van der Waals surface area (Å²) in [6, 6.07) is 11.8. The van der Waals surface area contributed by atoms with Crippen molar-refractivity contribution in [2.45, 2.75) is 33.1 Å². The average Bonchev–Trinajstić information content (AvgIpc) is 3.24. The molecule has 6 heteroatoms. The Morgan fingerprint density at radius 3 is 2.75 bits per heavy atom. The van der Waals surface area contributed by atoms with Crippen LogP contribution in [0.15, 0.2) is 48.7 Å². The maximum atomic E-state index is 13.6. The van der Waals surface area contributed by atoms with E-state index in [9.17, 15) is 4.79 Å². The topological polar surface area (TPSA) is 64.2 Å². The van der Waals surface area contributed by atoms with E-state index >= 15 is 0 Å². The Morgan fingerprint density at radius 1 is 1.28 bits per heavy atom. The van der Waals surface area contributed by atoms with Gasteiger partial charge in [0.25, 0.3) is 0 Å². The SMILES string of the molecule is C/C=C(/C(=O)[C@@H]1COc2ccc(OC)cc2C1)c1ccc(-c2cn[nH]c2Cl)cc1C(C)C. The van der Waals surface area contributed by atoms with Gasteiger partial charge in [0.15, 0.2) is 5.78 Å². The lowest BCUT2D eigenvalue weighted by molar-refractivity contribution is -0.118. The van der Waals surface area contributed by atoms with Crippen molar-refractivity contribution in [3.63, 3.8) is 0 Å². The smallest absolute Gasteiger partial charge is 0.169 e. The summed E-state index contributed by atoms with van der Waals surface area (Å²) in [6.07, 6.45) is 4.26. The zero-order valence-electron chi connectivity index (χ0n) is 18.7. The number of carbonyl (C=O) groups is 1. The molecule has 0 bridgehead atoms. The number of hydrogen-bond acceptors (Lipinski definition) is 4. The highest BCUT2D eigenvalue weighted by atomic mass is 35.5. The molecule has 3 aromatic rings. The number of halogens is 1. The molecule has 166 valence electrons. The number of carbonyl (C=O) groups excluding carboxylic acids is 1. The van der Waals surface area contributed by atoms with Gasteiger partial charge in [0.1, 0.15) is 16.7 Å². The highest BCUT2D eigenvalue weighted by Gasteiger charge is 2.30. The fourth-order valence-electron chi connectivity index (χ4n) is 4.24. The van der Waals surface area contributed by atoms with Gasteiger partial charge in [-0.05, 0) is 59.7 Å². The lowest BCUT2D eigenvalue weighted by Crippen LogP contribution is -2.29. The standard InChI is InChI=1S/C26H27ClN2O3/c1-5-20(25(30)18-10-17-11-19(31-4)7-9-24(17)32-14-18)21-8-6-16(12-22(21)15(2)3)23-13-28-29-26(23)27/h5-9,11-13,15,18H,10,14H2,1-4H3,(H,28,29)/b20-5+/t18-/m0/s1. The summed E-state index contributed by atoms with van der Waals surface area (Å²) < 4.78 is 11.3. The van der Waals surface area contributed by atoms with E-state index in [-0.39, 0.29) is 17.6 Å². The minimum absolute atomic E-state index is 0.0944. The number of nitrogens with one attached hydrogen (secondary N) is 1. The molecule has 0 radical (unpaired) electrons. The van der Waals surface area contributed by atoms with Gasteiger partial charge in [0, 0.05) is 11.1 Å². The predicted molar refractivity (Wildman–Crippen MR) is 127 cm³/mol. The van der Waals surface area contributed by atoms with Gasteiger partial charge < -0.3 is 9.47 Å². The molecular weight excluding hydrogens is 424 g/mol. The van der Waals surface area contributed by atoms with Crippen molar-refractivity contribution in [2.75, 3.05) is 13.7 Å². The highest BCUT2D eigenvalue weighted by molar-refractivity contribution is 6.32. The molecule has 1 atom stereocenters. The lowest BCUT2D eigenvalue weighted by Gasteiger charge is -2.26. The second kappa shape index (κ2) is 9.21. The Labute approximate surface area is 193 Å². The zero-order valence-corrected chi connectivity index (χ0v) is 19.5. The summed E-state index contributed by atoms with van der Waals surface area (Å²) in [6.45, 7) is 6.54. The summed E-state index contributed by atoms with van der Waals surface area (Å²) in [5.74, 6) is 1.66. The van der Waals surface area contributed by atoms with Crippen LogP contribution < -0.4 is 9.47 Å². The molecule has 1 aromatic heterocycles. The van der Waals surface area contributed by atoms with Gasteiger partial charge in [-0.2, -0.15) is 5.10 Å². The molecule has 1 aliphatic rings. The van der Waals surface area contributed by atoms with Crippen LogP contribution >= 0.6 is 11.6 Å². The molecule has 0 spiro atoms. The van der Waals surface area contributed by atoms with Gasteiger partial charge in [-0.25, -0.2) is 0 Å². The number of ether oxygens (including phenoxy) is 2. The Morgan fingerprint density at radius 2 is 2.09 bits per heavy atom. The maximum Gasteiger partial charge on any atom is 0.169 e. The Bertz CT molecular complexity index is 1180. The number of H-pyrrole nitrogens is 1. The molecule has 4 rings (SSSR count). The number of aromatic nitrogens is 2. The van der Waals surface area contributed by atoms with Gasteiger partial charge >= 0.3 is 0 Å². The van der Waals surface area contributed by atoms with Crippen LogP contribution in [0.4, 0.5) is 0 Å². The molecule has 0 amide bonds. The normalized spacial score (nSPS) is 15.9. The Hall–Kier alpha value is -3.05. The van der Waals surface area contributed by atoms with Crippen LogP contribution in [-0.2, 0) is 11.2 Å². The van der Waals surface area contributed by atoms with Crippen LogP contribution in [0.25, 0.3) is 16.7 Å². The van der Waals surface area contributed by atoms with Crippen LogP contribution in [0.1, 0.15) is 43.4 Å². The van der Waals surface area contributed by atoms with E-state index in [1.807, 2.05) is 43.3 Å². The Kier molecular flexibility index (Phi) is 6.38. The molecule has 2 aromatic carbocycles. The summed E-state index contributed by atoms with van der Waals surface area (Å²) in [7, 11) is 1.64. The van der Waals surface area contributed by atoms with E-state index in [0.717, 1.165) is 44.9 Å². The minimum Gasteiger partial charge on any atom is -0.497 e. The van der Waals surface area contributed by atoms with Crippen molar-refractivity contribution in [1.29, 1.82) is 0 Å². The molecule has 32 heavy (non-hydrogen) atoms. The van der Waals surface area contributed by atoms with Crippen molar-refractivity contribution < 1.29 is 14.3 Å². The molecule has 0 saturated carbocycles. The van der Waals surface area contributed by atoms with Crippen molar-refractivity contribution in [3.8, 4) is 22.6 Å². The maximum absolute atomic E-state index is 13.6. The van der Waals surface area contributed by atoms with Crippen LogP contribution in [0.5, 0.6) is 11.5 Å². The third-order valence-electron chi connectivity index (χ3n) is 5.97. The molecule has 2 heterocycles. The number of allylic oxidation sites excluding steroid dienone is 2. The molecule has 0 unspecified atom stereocenters. The molecule has 0 fully saturated rings. The van der Waals surface area contributed by atoms with E-state index in [1.54, 1.807) is 13.3 Å². The fraction of sp³-hybridized carbons (Fsp3) is 0.308. The molecule has 1 aliphatic heterocycles. The first-order valence-electron chi connectivity index (χ1n) is 10.8. The van der Waals surface area contributed by atoms with Crippen molar-refractivity contribution in [2.24, 2.45) is 5.92 Å².